The lowest BCUT2D eigenvalue weighted by Crippen LogP contribution is -2.56. The monoisotopic (exact) mass is 347 g/mol. The molecule has 1 aliphatic heterocycles. The summed E-state index contributed by atoms with van der Waals surface area (Å²) in [6.07, 6.45) is -0.920. The molecule has 1 rings (SSSR count). The van der Waals surface area contributed by atoms with E-state index in [2.05, 4.69) is 6.58 Å². The van der Waals surface area contributed by atoms with Crippen LogP contribution in [0.3, 0.4) is 0 Å². The fourth-order valence-corrected chi connectivity index (χ4v) is 2.72. The molecule has 0 spiro atoms. The molecule has 1 amide bonds. The first kappa shape index (κ1) is 19.8. The highest BCUT2D eigenvalue weighted by Crippen LogP contribution is 2.38. The molecule has 132 valence electrons. The summed E-state index contributed by atoms with van der Waals surface area (Å²) >= 11 is 5.60. The molecule has 0 aromatic rings. The summed E-state index contributed by atoms with van der Waals surface area (Å²) in [7, 11) is 0. The highest BCUT2D eigenvalue weighted by atomic mass is 35.5. The number of carboxylic acids is 1. The van der Waals surface area contributed by atoms with Crippen LogP contribution in [0.2, 0.25) is 0 Å². The molecule has 1 unspecified atom stereocenters. The fourth-order valence-electron chi connectivity index (χ4n) is 2.61. The average Bonchev–Trinajstić information content (AvgIpc) is 2.75. The van der Waals surface area contributed by atoms with Gasteiger partial charge in [-0.2, -0.15) is 0 Å². The van der Waals surface area contributed by atoms with Crippen LogP contribution >= 0.6 is 11.6 Å². The number of alkyl halides is 1. The smallest absolute Gasteiger partial charge is 0.411 e. The van der Waals surface area contributed by atoms with Crippen LogP contribution in [0.5, 0.6) is 0 Å². The molecular formula is C16H26ClNO5. The molecule has 1 saturated heterocycles. The topological polar surface area (TPSA) is 87.1 Å². The van der Waals surface area contributed by atoms with Gasteiger partial charge in [-0.05, 0) is 23.8 Å². The Balaban J connectivity index is 2.91. The van der Waals surface area contributed by atoms with Gasteiger partial charge >= 0.3 is 12.1 Å². The molecule has 6 nitrogen and oxygen atoms in total. The van der Waals surface area contributed by atoms with Crippen molar-refractivity contribution in [1.29, 1.82) is 0 Å². The zero-order valence-corrected chi connectivity index (χ0v) is 14.7. The zero-order valence-electron chi connectivity index (χ0n) is 14.0. The van der Waals surface area contributed by atoms with E-state index < -0.39 is 23.7 Å². The molecular weight excluding hydrogens is 322 g/mol. The van der Waals surface area contributed by atoms with Gasteiger partial charge in [0.15, 0.2) is 5.54 Å². The number of likely N-dealkylation sites (tertiary alicyclic amines) is 1. The van der Waals surface area contributed by atoms with Crippen LogP contribution in [-0.2, 0) is 9.53 Å². The van der Waals surface area contributed by atoms with E-state index in [4.69, 9.17) is 16.3 Å². The number of amides is 1. The number of hydrogen-bond acceptors (Lipinski definition) is 4. The summed E-state index contributed by atoms with van der Waals surface area (Å²) in [6.45, 7) is 10.3. The summed E-state index contributed by atoms with van der Waals surface area (Å²) < 4.78 is 5.24. The van der Waals surface area contributed by atoms with Gasteiger partial charge in [-0.15, -0.1) is 11.6 Å². The van der Waals surface area contributed by atoms with E-state index in [-0.39, 0.29) is 30.9 Å². The molecule has 2 N–H and O–H groups in total. The minimum Gasteiger partial charge on any atom is -0.479 e. The molecule has 0 radical (unpaired) electrons. The number of nitrogens with zero attached hydrogens (tertiary/aromatic N) is 1. The molecule has 1 aliphatic rings. The molecule has 2 atom stereocenters. The third-order valence-electron chi connectivity index (χ3n) is 4.04. The van der Waals surface area contributed by atoms with Crippen LogP contribution in [0.1, 0.15) is 40.0 Å². The van der Waals surface area contributed by atoms with Crippen molar-refractivity contribution in [2.24, 2.45) is 5.41 Å². The number of rotatable bonds is 6. The predicted octanol–water partition coefficient (Wildman–Crippen LogP) is 2.63. The number of aliphatic carboxylic acids is 1. The van der Waals surface area contributed by atoms with Crippen LogP contribution in [0.4, 0.5) is 4.79 Å². The number of halogens is 1. The van der Waals surface area contributed by atoms with Gasteiger partial charge in [0.25, 0.3) is 0 Å². The largest absolute Gasteiger partial charge is 0.479 e. The van der Waals surface area contributed by atoms with Crippen molar-refractivity contribution in [2.45, 2.75) is 51.7 Å². The number of hydrogen-bond donors (Lipinski definition) is 2. The van der Waals surface area contributed by atoms with E-state index in [9.17, 15) is 19.8 Å². The first-order chi connectivity index (χ1) is 10.5. The first-order valence-corrected chi connectivity index (χ1v) is 8.18. The SMILES string of the molecule is C=C1CCN(C(=O)OCCC(C)(C)C)C1(C[C@H](O)CCl)C(=O)O. The summed E-state index contributed by atoms with van der Waals surface area (Å²) in [6, 6.07) is 0. The maximum atomic E-state index is 12.4. The van der Waals surface area contributed by atoms with Crippen LogP contribution in [-0.4, -0.2) is 57.9 Å². The van der Waals surface area contributed by atoms with Crippen molar-refractivity contribution in [1.82, 2.24) is 4.90 Å². The standard InChI is InChI=1S/C16H26ClNO5/c1-11-5-7-18(14(22)23-8-6-15(2,3)4)16(11,13(20)21)9-12(19)10-17/h12,19H,1,5-10H2,2-4H3,(H,20,21)/t12-,16?/m0/s1. The molecule has 0 aromatic heterocycles. The number of aliphatic hydroxyl groups excluding tert-OH is 1. The Hall–Kier alpha value is -1.27. The van der Waals surface area contributed by atoms with E-state index in [1.54, 1.807) is 0 Å². The van der Waals surface area contributed by atoms with Gasteiger partial charge in [0.2, 0.25) is 0 Å². The normalized spacial score (nSPS) is 23.0. The maximum Gasteiger partial charge on any atom is 0.411 e. The number of aliphatic hydroxyl groups is 1. The van der Waals surface area contributed by atoms with Crippen LogP contribution < -0.4 is 0 Å². The number of carbonyl (C=O) groups is 2. The zero-order chi connectivity index (χ0) is 17.8. The van der Waals surface area contributed by atoms with Gasteiger partial charge in [-0.3, -0.25) is 4.90 Å². The Morgan fingerprint density at radius 3 is 2.57 bits per heavy atom. The molecule has 0 saturated carbocycles. The third kappa shape index (κ3) is 4.61. The van der Waals surface area contributed by atoms with Crippen molar-refractivity contribution in [2.75, 3.05) is 19.0 Å². The summed E-state index contributed by atoms with van der Waals surface area (Å²) in [5.74, 6) is -1.34. The van der Waals surface area contributed by atoms with Gasteiger partial charge in [0.1, 0.15) is 0 Å². The predicted molar refractivity (Wildman–Crippen MR) is 87.6 cm³/mol. The van der Waals surface area contributed by atoms with Crippen LogP contribution in [0, 0.1) is 5.41 Å². The van der Waals surface area contributed by atoms with E-state index in [0.29, 0.717) is 18.4 Å². The third-order valence-corrected chi connectivity index (χ3v) is 4.40. The van der Waals surface area contributed by atoms with Crippen molar-refractivity contribution < 1.29 is 24.5 Å². The molecule has 0 aromatic carbocycles. The second-order valence-corrected chi connectivity index (χ2v) is 7.42. The molecule has 23 heavy (non-hydrogen) atoms. The van der Waals surface area contributed by atoms with Gasteiger partial charge in [-0.1, -0.05) is 27.4 Å². The second kappa shape index (κ2) is 7.53. The molecule has 1 fully saturated rings. The molecule has 0 aliphatic carbocycles. The molecule has 0 bridgehead atoms. The van der Waals surface area contributed by atoms with Gasteiger partial charge in [-0.25, -0.2) is 9.59 Å². The summed E-state index contributed by atoms with van der Waals surface area (Å²) in [5, 5.41) is 19.5. The lowest BCUT2D eigenvalue weighted by molar-refractivity contribution is -0.148. The highest BCUT2D eigenvalue weighted by Gasteiger charge is 2.54. The van der Waals surface area contributed by atoms with Crippen molar-refractivity contribution in [3.8, 4) is 0 Å². The van der Waals surface area contributed by atoms with E-state index in [1.165, 1.54) is 0 Å². The van der Waals surface area contributed by atoms with Crippen molar-refractivity contribution in [3.05, 3.63) is 12.2 Å². The van der Waals surface area contributed by atoms with Gasteiger partial charge in [0, 0.05) is 18.8 Å². The summed E-state index contributed by atoms with van der Waals surface area (Å²) in [5.41, 5.74) is -1.28. The first-order valence-electron chi connectivity index (χ1n) is 7.64. The van der Waals surface area contributed by atoms with E-state index >= 15 is 0 Å². The lowest BCUT2D eigenvalue weighted by Gasteiger charge is -2.36. The second-order valence-electron chi connectivity index (χ2n) is 7.11. The Labute approximate surface area is 142 Å². The Bertz CT molecular complexity index is 474. The molecule has 1 heterocycles. The minimum absolute atomic E-state index is 0.00753. The highest BCUT2D eigenvalue weighted by molar-refractivity contribution is 6.18. The maximum absolute atomic E-state index is 12.4. The lowest BCUT2D eigenvalue weighted by atomic mass is 9.86. The fraction of sp³-hybridized carbons (Fsp3) is 0.750. The molecule has 7 heteroatoms. The minimum atomic E-state index is -1.66. The Morgan fingerprint density at radius 2 is 2.09 bits per heavy atom. The van der Waals surface area contributed by atoms with E-state index in [0.717, 1.165) is 4.90 Å². The number of ether oxygens (including phenoxy) is 1. The number of carboxylic acid groups (broad SMARTS) is 1. The van der Waals surface area contributed by atoms with Crippen LogP contribution in [0.15, 0.2) is 12.2 Å². The van der Waals surface area contributed by atoms with Crippen molar-refractivity contribution >= 4 is 23.7 Å². The Morgan fingerprint density at radius 1 is 1.48 bits per heavy atom. The van der Waals surface area contributed by atoms with Gasteiger partial charge < -0.3 is 14.9 Å². The summed E-state index contributed by atoms with van der Waals surface area (Å²) in [4.78, 5) is 25.4. The Kier molecular flexibility index (Phi) is 6.48. The number of carbonyl (C=O) groups excluding carboxylic acids is 1. The van der Waals surface area contributed by atoms with Crippen LogP contribution in [0.25, 0.3) is 0 Å². The van der Waals surface area contributed by atoms with Gasteiger partial charge in [0.05, 0.1) is 12.7 Å². The quantitative estimate of drug-likeness (QED) is 0.569. The van der Waals surface area contributed by atoms with Crippen molar-refractivity contribution in [3.63, 3.8) is 0 Å². The average molecular weight is 348 g/mol. The van der Waals surface area contributed by atoms with E-state index in [1.807, 2.05) is 20.8 Å².